The van der Waals surface area contributed by atoms with Gasteiger partial charge in [0.15, 0.2) is 5.82 Å². The first-order chi connectivity index (χ1) is 15.0. The third-order valence-corrected chi connectivity index (χ3v) is 5.73. The smallest absolute Gasteiger partial charge is 0.254 e. The van der Waals surface area contributed by atoms with Gasteiger partial charge in [-0.2, -0.15) is 0 Å². The van der Waals surface area contributed by atoms with Crippen LogP contribution in [0.2, 0.25) is 0 Å². The maximum atomic E-state index is 13.4. The summed E-state index contributed by atoms with van der Waals surface area (Å²) in [6.45, 7) is 3.65. The first-order valence-electron chi connectivity index (χ1n) is 10.4. The third kappa shape index (κ3) is 4.13. The number of likely N-dealkylation sites (tertiary alicyclic amines) is 1. The zero-order valence-electron chi connectivity index (χ0n) is 17.7. The average Bonchev–Trinajstić information content (AvgIpc) is 3.19. The molecule has 0 radical (unpaired) electrons. The molecule has 2 N–H and O–H groups in total. The SMILES string of the molecule is COCCn1cnc2cc(C(=O)N3CCCCC3c3ncc(C(N)=O)c(C)n3)ccc21. The lowest BCUT2D eigenvalue weighted by molar-refractivity contribution is 0.0599. The second-order valence-electron chi connectivity index (χ2n) is 7.74. The monoisotopic (exact) mass is 422 g/mol. The summed E-state index contributed by atoms with van der Waals surface area (Å²) in [5, 5.41) is 0. The number of hydrogen-bond donors (Lipinski definition) is 1. The molecule has 0 bridgehead atoms. The van der Waals surface area contributed by atoms with Crippen LogP contribution in [0.3, 0.4) is 0 Å². The van der Waals surface area contributed by atoms with E-state index in [-0.39, 0.29) is 11.9 Å². The number of methoxy groups -OCH3 is 1. The Morgan fingerprint density at radius 3 is 2.84 bits per heavy atom. The molecule has 1 saturated heterocycles. The average molecular weight is 422 g/mol. The summed E-state index contributed by atoms with van der Waals surface area (Å²) in [4.78, 5) is 40.0. The molecule has 1 aliphatic heterocycles. The largest absolute Gasteiger partial charge is 0.383 e. The van der Waals surface area contributed by atoms with Crippen LogP contribution in [0.15, 0.2) is 30.7 Å². The molecule has 1 aliphatic rings. The molecule has 1 fully saturated rings. The standard InChI is InChI=1S/C22H26N6O3/c1-14-16(20(23)29)12-24-21(26-14)19-5-3-4-8-28(19)22(30)15-6-7-18-17(11-15)25-13-27(18)9-10-31-2/h6-7,11-13,19H,3-5,8-10H2,1-2H3,(H2,23,29). The summed E-state index contributed by atoms with van der Waals surface area (Å²) in [6.07, 6.45) is 5.90. The van der Waals surface area contributed by atoms with Gasteiger partial charge in [0.2, 0.25) is 0 Å². The minimum Gasteiger partial charge on any atom is -0.383 e. The van der Waals surface area contributed by atoms with Crippen molar-refractivity contribution in [2.45, 2.75) is 38.8 Å². The van der Waals surface area contributed by atoms with E-state index in [4.69, 9.17) is 10.5 Å². The van der Waals surface area contributed by atoms with Crippen molar-refractivity contribution >= 4 is 22.8 Å². The van der Waals surface area contributed by atoms with E-state index in [0.29, 0.717) is 42.3 Å². The molecule has 31 heavy (non-hydrogen) atoms. The topological polar surface area (TPSA) is 116 Å². The first-order valence-corrected chi connectivity index (χ1v) is 10.4. The van der Waals surface area contributed by atoms with E-state index in [1.54, 1.807) is 20.4 Å². The van der Waals surface area contributed by atoms with Crippen molar-refractivity contribution in [2.75, 3.05) is 20.3 Å². The highest BCUT2D eigenvalue weighted by atomic mass is 16.5. The maximum Gasteiger partial charge on any atom is 0.254 e. The van der Waals surface area contributed by atoms with Gasteiger partial charge in [0.05, 0.1) is 41.3 Å². The van der Waals surface area contributed by atoms with Crippen LogP contribution in [-0.2, 0) is 11.3 Å². The number of aryl methyl sites for hydroxylation is 1. The fraction of sp³-hybridized carbons (Fsp3) is 0.409. The molecule has 0 spiro atoms. The zero-order chi connectivity index (χ0) is 22.0. The van der Waals surface area contributed by atoms with Crippen LogP contribution in [0.4, 0.5) is 0 Å². The van der Waals surface area contributed by atoms with Gasteiger partial charge in [-0.1, -0.05) is 0 Å². The molecule has 162 valence electrons. The molecule has 0 saturated carbocycles. The van der Waals surface area contributed by atoms with Crippen LogP contribution in [0.25, 0.3) is 11.0 Å². The molecule has 1 aromatic carbocycles. The van der Waals surface area contributed by atoms with Gasteiger partial charge in [0, 0.05) is 32.0 Å². The van der Waals surface area contributed by atoms with Crippen LogP contribution in [0, 0.1) is 6.92 Å². The number of nitrogens with zero attached hydrogens (tertiary/aromatic N) is 5. The molecular formula is C22H26N6O3. The van der Waals surface area contributed by atoms with Crippen molar-refractivity contribution in [2.24, 2.45) is 5.73 Å². The van der Waals surface area contributed by atoms with E-state index in [1.165, 1.54) is 6.20 Å². The van der Waals surface area contributed by atoms with E-state index < -0.39 is 5.91 Å². The third-order valence-electron chi connectivity index (χ3n) is 5.73. The van der Waals surface area contributed by atoms with Crippen molar-refractivity contribution in [3.63, 3.8) is 0 Å². The minimum atomic E-state index is -0.557. The predicted molar refractivity (Wildman–Crippen MR) is 115 cm³/mol. The van der Waals surface area contributed by atoms with E-state index in [2.05, 4.69) is 15.0 Å². The lowest BCUT2D eigenvalue weighted by Crippen LogP contribution is -2.39. The number of nitrogens with two attached hydrogens (primary N) is 1. The Labute approximate surface area is 180 Å². The molecule has 9 heteroatoms. The van der Waals surface area contributed by atoms with Crippen molar-refractivity contribution in [3.8, 4) is 0 Å². The highest BCUT2D eigenvalue weighted by Crippen LogP contribution is 2.31. The van der Waals surface area contributed by atoms with Crippen molar-refractivity contribution in [1.82, 2.24) is 24.4 Å². The van der Waals surface area contributed by atoms with Gasteiger partial charge >= 0.3 is 0 Å². The summed E-state index contributed by atoms with van der Waals surface area (Å²) in [5.74, 6) is -0.0855. The number of amides is 2. The van der Waals surface area contributed by atoms with E-state index in [0.717, 1.165) is 30.3 Å². The molecule has 1 atom stereocenters. The number of piperidine rings is 1. The molecule has 2 amide bonds. The lowest BCUT2D eigenvalue weighted by Gasteiger charge is -2.35. The lowest BCUT2D eigenvalue weighted by atomic mass is 9.99. The Balaban J connectivity index is 1.61. The molecule has 0 aliphatic carbocycles. The van der Waals surface area contributed by atoms with Crippen molar-refractivity contribution < 1.29 is 14.3 Å². The van der Waals surface area contributed by atoms with Crippen LogP contribution < -0.4 is 5.73 Å². The van der Waals surface area contributed by atoms with Crippen LogP contribution in [0.5, 0.6) is 0 Å². The second kappa shape index (κ2) is 8.81. The van der Waals surface area contributed by atoms with E-state index in [1.807, 2.05) is 27.7 Å². The van der Waals surface area contributed by atoms with Gasteiger partial charge in [0.1, 0.15) is 0 Å². The predicted octanol–water partition coefficient (Wildman–Crippen LogP) is 2.25. The van der Waals surface area contributed by atoms with Gasteiger partial charge < -0.3 is 19.9 Å². The Morgan fingerprint density at radius 1 is 1.26 bits per heavy atom. The number of carbonyl (C=O) groups is 2. The number of carbonyl (C=O) groups excluding carboxylic acids is 2. The Hall–Kier alpha value is -3.33. The number of aromatic nitrogens is 4. The Bertz CT molecular complexity index is 1130. The highest BCUT2D eigenvalue weighted by molar-refractivity contribution is 5.97. The number of rotatable bonds is 6. The molecule has 3 aromatic rings. The summed E-state index contributed by atoms with van der Waals surface area (Å²) >= 11 is 0. The van der Waals surface area contributed by atoms with Gasteiger partial charge in [-0.15, -0.1) is 0 Å². The molecule has 1 unspecified atom stereocenters. The summed E-state index contributed by atoms with van der Waals surface area (Å²) in [6, 6.07) is 5.35. The molecular weight excluding hydrogens is 396 g/mol. The summed E-state index contributed by atoms with van der Waals surface area (Å²) < 4.78 is 7.15. The van der Waals surface area contributed by atoms with Gasteiger partial charge in [-0.05, 0) is 44.4 Å². The number of hydrogen-bond acceptors (Lipinski definition) is 6. The van der Waals surface area contributed by atoms with E-state index >= 15 is 0 Å². The van der Waals surface area contributed by atoms with Gasteiger partial charge in [-0.25, -0.2) is 15.0 Å². The molecule has 2 aromatic heterocycles. The number of imidazole rings is 1. The number of fused-ring (bicyclic) bond motifs is 1. The van der Waals surface area contributed by atoms with Crippen molar-refractivity contribution in [3.05, 3.63) is 53.4 Å². The quantitative estimate of drug-likeness (QED) is 0.651. The van der Waals surface area contributed by atoms with Crippen LogP contribution in [0.1, 0.15) is 57.5 Å². The number of benzene rings is 1. The summed E-state index contributed by atoms with van der Waals surface area (Å²) in [5.41, 5.74) is 8.51. The fourth-order valence-electron chi connectivity index (χ4n) is 4.06. The van der Waals surface area contributed by atoms with Gasteiger partial charge in [-0.3, -0.25) is 9.59 Å². The maximum absolute atomic E-state index is 13.4. The Morgan fingerprint density at radius 2 is 2.10 bits per heavy atom. The van der Waals surface area contributed by atoms with Crippen LogP contribution in [-0.4, -0.2) is 56.5 Å². The van der Waals surface area contributed by atoms with E-state index in [9.17, 15) is 9.59 Å². The highest BCUT2D eigenvalue weighted by Gasteiger charge is 2.31. The zero-order valence-corrected chi connectivity index (χ0v) is 17.7. The number of ether oxygens (including phenoxy) is 1. The second-order valence-corrected chi connectivity index (χ2v) is 7.74. The molecule has 4 rings (SSSR count). The number of primary amides is 1. The molecule has 3 heterocycles. The van der Waals surface area contributed by atoms with Gasteiger partial charge in [0.25, 0.3) is 11.8 Å². The summed E-state index contributed by atoms with van der Waals surface area (Å²) in [7, 11) is 1.66. The Kier molecular flexibility index (Phi) is 5.94. The normalized spacial score (nSPS) is 16.6. The first kappa shape index (κ1) is 20.9. The molecule has 9 nitrogen and oxygen atoms in total. The van der Waals surface area contributed by atoms with Crippen LogP contribution >= 0.6 is 0 Å². The minimum absolute atomic E-state index is 0.0710. The van der Waals surface area contributed by atoms with Crippen molar-refractivity contribution in [1.29, 1.82) is 0 Å². The fourth-order valence-corrected chi connectivity index (χ4v) is 4.06.